The summed E-state index contributed by atoms with van der Waals surface area (Å²) in [7, 11) is 1.32. The van der Waals surface area contributed by atoms with Crippen molar-refractivity contribution in [2.45, 2.75) is 6.10 Å². The molecule has 1 fully saturated rings. The number of amides is 1. The van der Waals surface area contributed by atoms with E-state index in [1.54, 1.807) is 6.08 Å². The molecule has 1 aliphatic rings. The Morgan fingerprint density at radius 3 is 2.83 bits per heavy atom. The molecule has 1 N–H and O–H groups in total. The van der Waals surface area contributed by atoms with Crippen molar-refractivity contribution in [3.8, 4) is 5.75 Å². The first-order valence-corrected chi connectivity index (χ1v) is 5.63. The smallest absolute Gasteiger partial charge is 0.410 e. The molecule has 0 radical (unpaired) electrons. The molecule has 0 spiro atoms. The van der Waals surface area contributed by atoms with E-state index in [0.29, 0.717) is 6.61 Å². The van der Waals surface area contributed by atoms with Gasteiger partial charge in [0.05, 0.1) is 13.7 Å². The lowest BCUT2D eigenvalue weighted by Crippen LogP contribution is -2.15. The first kappa shape index (κ1) is 12.4. The predicted molar refractivity (Wildman–Crippen MR) is 66.3 cm³/mol. The second kappa shape index (κ2) is 6.07. The van der Waals surface area contributed by atoms with E-state index in [1.807, 2.05) is 24.3 Å². The molecule has 0 bridgehead atoms. The summed E-state index contributed by atoms with van der Waals surface area (Å²) in [6.45, 7) is 1.39. The van der Waals surface area contributed by atoms with Crippen molar-refractivity contribution in [3.63, 3.8) is 0 Å². The van der Waals surface area contributed by atoms with E-state index in [1.165, 1.54) is 13.3 Å². The molecule has 2 rings (SSSR count). The number of nitrogens with one attached hydrogen (secondary N) is 1. The molecule has 1 aromatic carbocycles. The van der Waals surface area contributed by atoms with Gasteiger partial charge >= 0.3 is 6.09 Å². The Morgan fingerprint density at radius 1 is 1.50 bits per heavy atom. The number of alkyl carbamates (subject to hydrolysis) is 1. The maximum Gasteiger partial charge on any atom is 0.410 e. The quantitative estimate of drug-likeness (QED) is 0.808. The number of hydrogen-bond acceptors (Lipinski definition) is 4. The third-order valence-corrected chi connectivity index (χ3v) is 2.38. The van der Waals surface area contributed by atoms with Crippen LogP contribution in [0.2, 0.25) is 0 Å². The molecule has 1 heterocycles. The van der Waals surface area contributed by atoms with Gasteiger partial charge in [0.15, 0.2) is 0 Å². The fourth-order valence-electron chi connectivity index (χ4n) is 1.29. The Labute approximate surface area is 105 Å². The second-order valence-corrected chi connectivity index (χ2v) is 3.80. The van der Waals surface area contributed by atoms with E-state index in [-0.39, 0.29) is 6.10 Å². The number of hydrogen-bond donors (Lipinski definition) is 1. The molecule has 5 nitrogen and oxygen atoms in total. The third kappa shape index (κ3) is 4.10. The normalized spacial score (nSPS) is 17.5. The van der Waals surface area contributed by atoms with Gasteiger partial charge in [0, 0.05) is 6.20 Å². The van der Waals surface area contributed by atoms with Gasteiger partial charge in [-0.3, -0.25) is 5.32 Å². The summed E-state index contributed by atoms with van der Waals surface area (Å²) in [5.41, 5.74) is 0.960. The molecule has 1 aliphatic heterocycles. The Balaban J connectivity index is 1.80. The Kier molecular flexibility index (Phi) is 4.20. The number of rotatable bonds is 5. The van der Waals surface area contributed by atoms with Crippen LogP contribution in [-0.2, 0) is 9.47 Å². The highest BCUT2D eigenvalue weighted by Gasteiger charge is 2.22. The van der Waals surface area contributed by atoms with Crippen molar-refractivity contribution in [2.24, 2.45) is 0 Å². The molecule has 18 heavy (non-hydrogen) atoms. The number of carbonyl (C=O) groups is 1. The summed E-state index contributed by atoms with van der Waals surface area (Å²) in [6, 6.07) is 7.55. The second-order valence-electron chi connectivity index (χ2n) is 3.80. The van der Waals surface area contributed by atoms with Crippen molar-refractivity contribution < 1.29 is 19.0 Å². The molecule has 1 amide bonds. The zero-order chi connectivity index (χ0) is 12.8. The Hall–Kier alpha value is -2.01. The zero-order valence-electron chi connectivity index (χ0n) is 10.1. The molecule has 0 saturated carbocycles. The molecule has 1 aromatic rings. The zero-order valence-corrected chi connectivity index (χ0v) is 10.1. The van der Waals surface area contributed by atoms with Crippen LogP contribution < -0.4 is 10.1 Å². The summed E-state index contributed by atoms with van der Waals surface area (Å²) in [4.78, 5) is 10.8. The van der Waals surface area contributed by atoms with Crippen LogP contribution in [0.4, 0.5) is 4.79 Å². The van der Waals surface area contributed by atoms with Crippen LogP contribution in [0.15, 0.2) is 30.5 Å². The van der Waals surface area contributed by atoms with Crippen LogP contribution in [0.1, 0.15) is 5.56 Å². The molecular formula is C13H15NO4. The lowest BCUT2D eigenvalue weighted by atomic mass is 10.2. The van der Waals surface area contributed by atoms with Crippen molar-refractivity contribution in [1.82, 2.24) is 5.32 Å². The first-order chi connectivity index (χ1) is 8.78. The first-order valence-electron chi connectivity index (χ1n) is 5.63. The fraction of sp³-hybridized carbons (Fsp3) is 0.308. The van der Waals surface area contributed by atoms with E-state index >= 15 is 0 Å². The van der Waals surface area contributed by atoms with Crippen LogP contribution in [0.3, 0.4) is 0 Å². The SMILES string of the molecule is COC(=O)N/C=C/c1ccc(OCC2CO2)cc1. The third-order valence-electron chi connectivity index (χ3n) is 2.38. The summed E-state index contributed by atoms with van der Waals surface area (Å²) >= 11 is 0. The highest BCUT2D eigenvalue weighted by Crippen LogP contribution is 2.16. The lowest BCUT2D eigenvalue weighted by Gasteiger charge is -2.03. The van der Waals surface area contributed by atoms with Gasteiger partial charge in [-0.05, 0) is 23.8 Å². The predicted octanol–water partition coefficient (Wildman–Crippen LogP) is 1.79. The van der Waals surface area contributed by atoms with Crippen molar-refractivity contribution in [1.29, 1.82) is 0 Å². The summed E-state index contributed by atoms with van der Waals surface area (Å²) in [5, 5.41) is 2.45. The molecular weight excluding hydrogens is 234 g/mol. The summed E-state index contributed by atoms with van der Waals surface area (Å²) in [6.07, 6.45) is 3.06. The van der Waals surface area contributed by atoms with Gasteiger partial charge < -0.3 is 14.2 Å². The maximum absolute atomic E-state index is 10.8. The van der Waals surface area contributed by atoms with Crippen molar-refractivity contribution in [2.75, 3.05) is 20.3 Å². The molecule has 96 valence electrons. The standard InChI is InChI=1S/C13H15NO4/c1-16-13(15)14-7-6-10-2-4-11(5-3-10)17-8-12-9-18-12/h2-7,12H,8-9H2,1H3,(H,14,15)/b7-6+. The van der Waals surface area contributed by atoms with E-state index in [2.05, 4.69) is 10.1 Å². The summed E-state index contributed by atoms with van der Waals surface area (Å²) < 4.78 is 15.0. The average molecular weight is 249 g/mol. The van der Waals surface area contributed by atoms with Crippen molar-refractivity contribution >= 4 is 12.2 Å². The van der Waals surface area contributed by atoms with E-state index < -0.39 is 6.09 Å². The van der Waals surface area contributed by atoms with Gasteiger partial charge in [-0.1, -0.05) is 12.1 Å². The van der Waals surface area contributed by atoms with Crippen LogP contribution >= 0.6 is 0 Å². The van der Waals surface area contributed by atoms with E-state index in [0.717, 1.165) is 17.9 Å². The van der Waals surface area contributed by atoms with Crippen LogP contribution in [0, 0.1) is 0 Å². The number of carbonyl (C=O) groups excluding carboxylic acids is 1. The molecule has 5 heteroatoms. The monoisotopic (exact) mass is 249 g/mol. The Bertz CT molecular complexity index is 423. The molecule has 1 unspecified atom stereocenters. The Morgan fingerprint density at radius 2 is 2.22 bits per heavy atom. The van der Waals surface area contributed by atoms with Crippen LogP contribution in [0.5, 0.6) is 5.75 Å². The van der Waals surface area contributed by atoms with Gasteiger partial charge in [-0.15, -0.1) is 0 Å². The molecule has 1 saturated heterocycles. The largest absolute Gasteiger partial charge is 0.491 e. The molecule has 0 aromatic heterocycles. The number of benzene rings is 1. The van der Waals surface area contributed by atoms with Crippen molar-refractivity contribution in [3.05, 3.63) is 36.0 Å². The van der Waals surface area contributed by atoms with Crippen LogP contribution in [0.25, 0.3) is 6.08 Å². The minimum atomic E-state index is -0.490. The highest BCUT2D eigenvalue weighted by molar-refractivity contribution is 5.69. The summed E-state index contributed by atoms with van der Waals surface area (Å²) in [5.74, 6) is 0.809. The fourth-order valence-corrected chi connectivity index (χ4v) is 1.29. The number of ether oxygens (including phenoxy) is 3. The van der Waals surface area contributed by atoms with Gasteiger partial charge in [-0.25, -0.2) is 4.79 Å². The van der Waals surface area contributed by atoms with Gasteiger partial charge in [-0.2, -0.15) is 0 Å². The van der Waals surface area contributed by atoms with Crippen LogP contribution in [-0.4, -0.2) is 32.5 Å². The van der Waals surface area contributed by atoms with Gasteiger partial charge in [0.2, 0.25) is 0 Å². The van der Waals surface area contributed by atoms with E-state index in [4.69, 9.17) is 9.47 Å². The minimum absolute atomic E-state index is 0.258. The van der Waals surface area contributed by atoms with E-state index in [9.17, 15) is 4.79 Å². The average Bonchev–Trinajstić information content (AvgIpc) is 3.21. The topological polar surface area (TPSA) is 60.1 Å². The van der Waals surface area contributed by atoms with Gasteiger partial charge in [0.25, 0.3) is 0 Å². The minimum Gasteiger partial charge on any atom is -0.491 e. The number of epoxide rings is 1. The van der Waals surface area contributed by atoms with Gasteiger partial charge in [0.1, 0.15) is 18.5 Å². The lowest BCUT2D eigenvalue weighted by molar-refractivity contribution is 0.175. The highest BCUT2D eigenvalue weighted by atomic mass is 16.6. The molecule has 1 atom stereocenters. The molecule has 0 aliphatic carbocycles. The number of methoxy groups -OCH3 is 1. The maximum atomic E-state index is 10.8.